The minimum Gasteiger partial charge on any atom is -0.506 e. The number of pyridine rings is 1. The lowest BCUT2D eigenvalue weighted by Crippen LogP contribution is -2.46. The number of nitrogens with zero attached hydrogens (tertiary/aromatic N) is 3. The molecule has 0 bridgehead atoms. The first kappa shape index (κ1) is 24.6. The van der Waals surface area contributed by atoms with E-state index in [1.165, 1.54) is 12.5 Å². The molecule has 5 rings (SSSR count). The highest BCUT2D eigenvalue weighted by Gasteiger charge is 2.23. The van der Waals surface area contributed by atoms with Gasteiger partial charge in [0, 0.05) is 68.2 Å². The number of benzene rings is 3. The number of piperazine rings is 1. The Morgan fingerprint density at radius 1 is 1.03 bits per heavy atom. The first-order chi connectivity index (χ1) is 17.9. The molecule has 2 heterocycles. The zero-order chi connectivity index (χ0) is 25.9. The van der Waals surface area contributed by atoms with Gasteiger partial charge in [-0.3, -0.25) is 14.7 Å². The van der Waals surface area contributed by atoms with Gasteiger partial charge in [-0.2, -0.15) is 0 Å². The van der Waals surface area contributed by atoms with Crippen molar-refractivity contribution in [2.45, 2.75) is 20.4 Å². The Morgan fingerprint density at radius 3 is 2.49 bits per heavy atom. The third-order valence-corrected chi connectivity index (χ3v) is 7.08. The molecule has 1 aromatic heterocycles. The summed E-state index contributed by atoms with van der Waals surface area (Å²) in [4.78, 5) is 21.0. The molecule has 0 unspecified atom stereocenters. The summed E-state index contributed by atoms with van der Waals surface area (Å²) in [5, 5.41) is 14.2. The number of rotatable bonds is 6. The molecule has 1 fully saturated rings. The van der Waals surface area contributed by atoms with Crippen LogP contribution in [0, 0.1) is 6.92 Å². The van der Waals surface area contributed by atoms with Gasteiger partial charge in [-0.25, -0.2) is 0 Å². The van der Waals surface area contributed by atoms with Crippen molar-refractivity contribution < 1.29 is 14.6 Å². The lowest BCUT2D eigenvalue weighted by molar-refractivity contribution is -0.114. The lowest BCUT2D eigenvalue weighted by atomic mass is 9.95. The average molecular weight is 497 g/mol. The Hall–Kier alpha value is -4.10. The van der Waals surface area contributed by atoms with Crippen molar-refractivity contribution in [3.63, 3.8) is 0 Å². The number of nitrogens with one attached hydrogen (secondary N) is 1. The molecule has 3 aromatic carbocycles. The van der Waals surface area contributed by atoms with Crippen LogP contribution in [0.15, 0.2) is 66.9 Å². The number of methoxy groups -OCH3 is 1. The van der Waals surface area contributed by atoms with Crippen LogP contribution in [-0.4, -0.2) is 54.2 Å². The van der Waals surface area contributed by atoms with E-state index in [0.717, 1.165) is 71.9 Å². The first-order valence-electron chi connectivity index (χ1n) is 12.5. The number of phenolic OH excluding ortho intramolecular Hbond substituents is 1. The second-order valence-corrected chi connectivity index (χ2v) is 9.45. The molecule has 37 heavy (non-hydrogen) atoms. The number of aromatic nitrogens is 1. The van der Waals surface area contributed by atoms with Gasteiger partial charge in [0.2, 0.25) is 5.91 Å². The smallest absolute Gasteiger partial charge is 0.221 e. The number of hydrogen-bond donors (Lipinski definition) is 2. The fraction of sp³-hybridized carbons (Fsp3) is 0.267. The number of carbonyl (C=O) groups is 1. The first-order valence-corrected chi connectivity index (χ1v) is 12.5. The van der Waals surface area contributed by atoms with Gasteiger partial charge in [-0.15, -0.1) is 0 Å². The number of hydrogen-bond acceptors (Lipinski definition) is 6. The van der Waals surface area contributed by atoms with Crippen LogP contribution in [0.25, 0.3) is 22.0 Å². The molecule has 1 aliphatic rings. The monoisotopic (exact) mass is 496 g/mol. The highest BCUT2D eigenvalue weighted by molar-refractivity contribution is 5.94. The largest absolute Gasteiger partial charge is 0.506 e. The number of carbonyl (C=O) groups excluding carboxylic acids is 1. The molecule has 4 aromatic rings. The SMILES string of the molecule is COc1ccc(-c2c(N3CCN(Cc4ccc(O)c5ncccc45)CC3)ccc(NC(C)=O)c2C)cc1. The third kappa shape index (κ3) is 5.08. The summed E-state index contributed by atoms with van der Waals surface area (Å²) in [6, 6.07) is 19.9. The molecule has 7 nitrogen and oxygen atoms in total. The second-order valence-electron chi connectivity index (χ2n) is 9.45. The fourth-order valence-electron chi connectivity index (χ4n) is 5.15. The van der Waals surface area contributed by atoms with Gasteiger partial charge < -0.3 is 20.1 Å². The van der Waals surface area contributed by atoms with Crippen molar-refractivity contribution in [2.75, 3.05) is 43.5 Å². The van der Waals surface area contributed by atoms with Gasteiger partial charge in [0.25, 0.3) is 0 Å². The zero-order valence-corrected chi connectivity index (χ0v) is 21.5. The number of ether oxygens (including phenoxy) is 1. The Kier molecular flexibility index (Phi) is 6.97. The van der Waals surface area contributed by atoms with E-state index in [1.54, 1.807) is 19.4 Å². The van der Waals surface area contributed by atoms with E-state index in [9.17, 15) is 9.90 Å². The molecule has 0 aliphatic carbocycles. The van der Waals surface area contributed by atoms with Gasteiger partial charge in [-0.1, -0.05) is 24.3 Å². The molecule has 2 N–H and O–H groups in total. The lowest BCUT2D eigenvalue weighted by Gasteiger charge is -2.37. The second kappa shape index (κ2) is 10.5. The summed E-state index contributed by atoms with van der Waals surface area (Å²) in [7, 11) is 1.67. The molecule has 0 saturated carbocycles. The van der Waals surface area contributed by atoms with Gasteiger partial charge in [-0.05, 0) is 60.0 Å². The average Bonchev–Trinajstić information content (AvgIpc) is 2.92. The molecule has 1 amide bonds. The minimum absolute atomic E-state index is 0.0814. The maximum absolute atomic E-state index is 11.8. The molecular formula is C30H32N4O3. The molecule has 190 valence electrons. The summed E-state index contributed by atoms with van der Waals surface area (Å²) in [6.45, 7) is 8.00. The number of anilines is 2. The number of aromatic hydroxyl groups is 1. The van der Waals surface area contributed by atoms with E-state index in [1.807, 2.05) is 36.4 Å². The Bertz CT molecular complexity index is 1430. The maximum Gasteiger partial charge on any atom is 0.221 e. The predicted molar refractivity (Wildman–Crippen MR) is 148 cm³/mol. The molecule has 0 atom stereocenters. The zero-order valence-electron chi connectivity index (χ0n) is 21.5. The minimum atomic E-state index is -0.0814. The highest BCUT2D eigenvalue weighted by Crippen LogP contribution is 2.39. The van der Waals surface area contributed by atoms with Crippen LogP contribution in [0.2, 0.25) is 0 Å². The van der Waals surface area contributed by atoms with Crippen molar-refractivity contribution in [1.29, 1.82) is 0 Å². The van der Waals surface area contributed by atoms with Crippen LogP contribution in [0.5, 0.6) is 11.5 Å². The molecule has 0 radical (unpaired) electrons. The summed E-state index contributed by atoms with van der Waals surface area (Å²) < 4.78 is 5.36. The third-order valence-electron chi connectivity index (χ3n) is 7.08. The van der Waals surface area contributed by atoms with E-state index < -0.39 is 0 Å². The van der Waals surface area contributed by atoms with E-state index in [-0.39, 0.29) is 11.7 Å². The topological polar surface area (TPSA) is 77.9 Å². The highest BCUT2D eigenvalue weighted by atomic mass is 16.5. The van der Waals surface area contributed by atoms with Gasteiger partial charge in [0.15, 0.2) is 0 Å². The van der Waals surface area contributed by atoms with Crippen LogP contribution in [0.4, 0.5) is 11.4 Å². The molecule has 1 saturated heterocycles. The Balaban J connectivity index is 1.39. The van der Waals surface area contributed by atoms with Crippen molar-refractivity contribution in [1.82, 2.24) is 9.88 Å². The van der Waals surface area contributed by atoms with E-state index in [4.69, 9.17) is 4.74 Å². The fourth-order valence-corrected chi connectivity index (χ4v) is 5.15. The summed E-state index contributed by atoms with van der Waals surface area (Å²) in [5.74, 6) is 0.946. The van der Waals surface area contributed by atoms with Gasteiger partial charge in [0.1, 0.15) is 17.0 Å². The molecule has 1 aliphatic heterocycles. The van der Waals surface area contributed by atoms with Crippen LogP contribution in [0.3, 0.4) is 0 Å². The van der Waals surface area contributed by atoms with Crippen LogP contribution in [0.1, 0.15) is 18.1 Å². The Morgan fingerprint density at radius 2 is 1.78 bits per heavy atom. The van der Waals surface area contributed by atoms with Crippen molar-refractivity contribution >= 4 is 28.2 Å². The van der Waals surface area contributed by atoms with Crippen molar-refractivity contribution in [3.05, 3.63) is 78.0 Å². The van der Waals surface area contributed by atoms with E-state index in [0.29, 0.717) is 5.52 Å². The Labute approximate surface area is 217 Å². The van der Waals surface area contributed by atoms with Crippen LogP contribution in [-0.2, 0) is 11.3 Å². The standard InChI is InChI=1S/C30H32N4O3/c1-20-26(32-21(2)35)11-12-27(29(20)22-6-9-24(37-3)10-7-22)34-17-15-33(16-18-34)19-23-8-13-28(36)30-25(23)5-4-14-31-30/h4-14,36H,15-19H2,1-3H3,(H,32,35). The summed E-state index contributed by atoms with van der Waals surface area (Å²) in [6.07, 6.45) is 1.71. The summed E-state index contributed by atoms with van der Waals surface area (Å²) >= 11 is 0. The number of amides is 1. The summed E-state index contributed by atoms with van der Waals surface area (Å²) in [5.41, 5.74) is 7.07. The van der Waals surface area contributed by atoms with Crippen molar-refractivity contribution in [2.24, 2.45) is 0 Å². The van der Waals surface area contributed by atoms with Crippen LogP contribution < -0.4 is 15.0 Å². The van der Waals surface area contributed by atoms with Crippen LogP contribution >= 0.6 is 0 Å². The maximum atomic E-state index is 11.8. The van der Waals surface area contributed by atoms with E-state index in [2.05, 4.69) is 45.2 Å². The molecular weight excluding hydrogens is 464 g/mol. The molecule has 0 spiro atoms. The van der Waals surface area contributed by atoms with Crippen molar-refractivity contribution in [3.8, 4) is 22.6 Å². The van der Waals surface area contributed by atoms with Gasteiger partial charge in [0.05, 0.1) is 7.11 Å². The van der Waals surface area contributed by atoms with Gasteiger partial charge >= 0.3 is 0 Å². The van der Waals surface area contributed by atoms with E-state index >= 15 is 0 Å². The predicted octanol–water partition coefficient (Wildman–Crippen LogP) is 5.21. The normalized spacial score (nSPS) is 14.1. The number of fused-ring (bicyclic) bond motifs is 1. The molecule has 7 heteroatoms. The quantitative estimate of drug-likeness (QED) is 0.382. The number of phenols is 1.